The molecule has 9 rings (SSSR count). The van der Waals surface area contributed by atoms with Gasteiger partial charge in [-0.05, 0) is 50.1 Å². The van der Waals surface area contributed by atoms with Crippen LogP contribution in [0.1, 0.15) is 37.7 Å². The number of nitrogens with zero attached hydrogens (tertiary/aromatic N) is 5. The molecule has 246 valence electrons. The Morgan fingerprint density at radius 1 is 1.12 bits per heavy atom. The Labute approximate surface area is 274 Å². The van der Waals surface area contributed by atoms with Crippen LogP contribution >= 0.6 is 0 Å². The van der Waals surface area contributed by atoms with Gasteiger partial charge in [0.2, 0.25) is 5.88 Å². The molecule has 5 aliphatic rings. The lowest BCUT2D eigenvalue weighted by molar-refractivity contribution is -0.0127. The van der Waals surface area contributed by atoms with E-state index in [0.29, 0.717) is 18.4 Å². The van der Waals surface area contributed by atoms with Gasteiger partial charge in [-0.1, -0.05) is 42.3 Å². The van der Waals surface area contributed by atoms with Crippen LogP contribution in [-0.4, -0.2) is 82.3 Å². The van der Waals surface area contributed by atoms with Gasteiger partial charge in [0.25, 0.3) is 6.43 Å². The lowest BCUT2D eigenvalue weighted by Gasteiger charge is -2.43. The van der Waals surface area contributed by atoms with E-state index in [1.54, 1.807) is 24.3 Å². The zero-order chi connectivity index (χ0) is 32.9. The fraction of sp³-hybridized carbons (Fsp3) is 0.417. The molecule has 0 radical (unpaired) electrons. The van der Waals surface area contributed by atoms with Crippen molar-refractivity contribution in [2.24, 2.45) is 0 Å². The largest absolute Gasteiger partial charge is 0.465 e. The number of pyridine rings is 1. The van der Waals surface area contributed by atoms with Gasteiger partial charge in [-0.2, -0.15) is 9.97 Å². The molecule has 0 spiro atoms. The SMILES string of the molecule is C#Cc1c(F)ccc2cccc(-c3nc4c5c(nc(OC[C@]67CCCN6CCC7=C)nc5c3F)N3C[C@H]5CC[C@H](N5)[C@H]3[C@@H](C(F)F)O4)c12. The van der Waals surface area contributed by atoms with Crippen molar-refractivity contribution in [2.45, 2.75) is 68.3 Å². The Hall–Kier alpha value is -4.47. The number of alkyl halides is 2. The van der Waals surface area contributed by atoms with E-state index in [1.807, 2.05) is 4.90 Å². The van der Waals surface area contributed by atoms with Gasteiger partial charge in [-0.15, -0.1) is 6.42 Å². The van der Waals surface area contributed by atoms with Crippen LogP contribution in [0.25, 0.3) is 32.9 Å². The molecule has 2 aromatic heterocycles. The number of anilines is 1. The van der Waals surface area contributed by atoms with Crippen molar-refractivity contribution < 1.29 is 27.0 Å². The Balaban J connectivity index is 1.28. The number of hydrogen-bond acceptors (Lipinski definition) is 8. The average Bonchev–Trinajstić information content (AvgIpc) is 3.74. The second-order valence-electron chi connectivity index (χ2n) is 13.5. The number of halogens is 4. The highest BCUT2D eigenvalue weighted by atomic mass is 19.3. The third kappa shape index (κ3) is 4.19. The maximum Gasteiger partial charge on any atom is 0.319 e. The third-order valence-electron chi connectivity index (χ3n) is 11.1. The molecule has 0 saturated carbocycles. The van der Waals surface area contributed by atoms with Crippen LogP contribution in [0.4, 0.5) is 23.4 Å². The van der Waals surface area contributed by atoms with Gasteiger partial charge in [0.1, 0.15) is 34.8 Å². The van der Waals surface area contributed by atoms with E-state index in [9.17, 15) is 13.2 Å². The van der Waals surface area contributed by atoms with Crippen molar-refractivity contribution in [3.05, 3.63) is 59.7 Å². The first kappa shape index (κ1) is 29.7. The number of nitrogens with one attached hydrogen (secondary N) is 1. The van der Waals surface area contributed by atoms with Crippen molar-refractivity contribution in [2.75, 3.05) is 31.1 Å². The molecule has 0 amide bonds. The van der Waals surface area contributed by atoms with Crippen LogP contribution in [0.2, 0.25) is 0 Å². The van der Waals surface area contributed by atoms with E-state index in [-0.39, 0.29) is 75.0 Å². The Kier molecular flexibility index (Phi) is 6.65. The third-order valence-corrected chi connectivity index (χ3v) is 11.1. The van der Waals surface area contributed by atoms with Gasteiger partial charge >= 0.3 is 6.01 Å². The van der Waals surface area contributed by atoms with Crippen LogP contribution in [0, 0.1) is 24.0 Å². The molecule has 5 atom stereocenters. The minimum Gasteiger partial charge on any atom is -0.465 e. The molecule has 1 N–H and O–H groups in total. The zero-order valence-electron chi connectivity index (χ0n) is 26.0. The fourth-order valence-electron chi connectivity index (χ4n) is 8.82. The summed E-state index contributed by atoms with van der Waals surface area (Å²) in [6, 6.07) is 6.61. The van der Waals surface area contributed by atoms with Gasteiger partial charge in [-0.3, -0.25) is 4.90 Å². The van der Waals surface area contributed by atoms with Crippen LogP contribution < -0.4 is 19.7 Å². The second kappa shape index (κ2) is 10.8. The molecule has 12 heteroatoms. The van der Waals surface area contributed by atoms with E-state index < -0.39 is 30.2 Å². The molecule has 2 aromatic carbocycles. The standard InChI is InChI=1S/C36H32F4N6O2/c1-3-21-23(37)10-8-19-6-4-7-22(25(19)21)28-27(38)29-26-33(44-35(43-29)47-17-36-13-5-14-45(36)15-12-18(36)2)46-16-20-9-11-24(41-20)30(46)31(32(39)40)48-34(26)42-28/h1,4,6-8,10,20,24,30-32,41H,2,5,9,11-17H2/t20-,24+,30+,31+,36+/m1/s1. The van der Waals surface area contributed by atoms with Crippen molar-refractivity contribution in [1.82, 2.24) is 25.2 Å². The summed E-state index contributed by atoms with van der Waals surface area (Å²) in [5.74, 6) is 0.905. The molecule has 48 heavy (non-hydrogen) atoms. The molecule has 0 unspecified atom stereocenters. The van der Waals surface area contributed by atoms with Crippen molar-refractivity contribution in [3.8, 4) is 35.5 Å². The Morgan fingerprint density at radius 3 is 2.83 bits per heavy atom. The van der Waals surface area contributed by atoms with Crippen LogP contribution in [0.5, 0.6) is 11.9 Å². The predicted octanol–water partition coefficient (Wildman–Crippen LogP) is 5.61. The monoisotopic (exact) mass is 656 g/mol. The number of hydrogen-bond donors (Lipinski definition) is 1. The van der Waals surface area contributed by atoms with Gasteiger partial charge in [-0.25, -0.2) is 22.5 Å². The first-order valence-corrected chi connectivity index (χ1v) is 16.4. The number of benzene rings is 2. The maximum atomic E-state index is 17.1. The Bertz CT molecular complexity index is 2070. The van der Waals surface area contributed by atoms with Crippen LogP contribution in [0.3, 0.4) is 0 Å². The molecular weight excluding hydrogens is 624 g/mol. The van der Waals surface area contributed by atoms with Gasteiger partial charge in [0.05, 0.1) is 17.1 Å². The van der Waals surface area contributed by atoms with E-state index >= 15 is 4.39 Å². The van der Waals surface area contributed by atoms with E-state index in [2.05, 4.69) is 32.7 Å². The van der Waals surface area contributed by atoms with Crippen LogP contribution in [-0.2, 0) is 0 Å². The fourth-order valence-corrected chi connectivity index (χ4v) is 8.82. The molecule has 2 bridgehead atoms. The topological polar surface area (TPSA) is 75.6 Å². The first-order chi connectivity index (χ1) is 23.3. The summed E-state index contributed by atoms with van der Waals surface area (Å²) in [7, 11) is 0. The number of terminal acetylenes is 1. The molecule has 4 fully saturated rings. The highest BCUT2D eigenvalue weighted by molar-refractivity contribution is 6.03. The van der Waals surface area contributed by atoms with Gasteiger partial charge in [0.15, 0.2) is 11.9 Å². The number of aromatic nitrogens is 3. The molecule has 8 nitrogen and oxygen atoms in total. The highest BCUT2D eigenvalue weighted by Gasteiger charge is 2.52. The van der Waals surface area contributed by atoms with Crippen molar-refractivity contribution in [1.29, 1.82) is 0 Å². The summed E-state index contributed by atoms with van der Waals surface area (Å²) < 4.78 is 74.5. The van der Waals surface area contributed by atoms with Crippen LogP contribution in [0.15, 0.2) is 42.5 Å². The number of ether oxygens (including phenoxy) is 2. The molecule has 0 aliphatic carbocycles. The number of rotatable bonds is 5. The average molecular weight is 657 g/mol. The van der Waals surface area contributed by atoms with Gasteiger partial charge in [0, 0.05) is 36.1 Å². The zero-order valence-corrected chi connectivity index (χ0v) is 26.0. The normalized spacial score (nSPS) is 27.7. The van der Waals surface area contributed by atoms with E-state index in [0.717, 1.165) is 44.3 Å². The van der Waals surface area contributed by atoms with Crippen molar-refractivity contribution in [3.63, 3.8) is 0 Å². The summed E-state index contributed by atoms with van der Waals surface area (Å²) in [6.45, 7) is 6.75. The molecule has 5 aliphatic heterocycles. The summed E-state index contributed by atoms with van der Waals surface area (Å²) in [4.78, 5) is 18.1. The second-order valence-corrected chi connectivity index (χ2v) is 13.5. The molecular formula is C36H32F4N6O2. The van der Waals surface area contributed by atoms with Crippen molar-refractivity contribution >= 4 is 27.5 Å². The number of fused-ring (bicyclic) bond motifs is 7. The maximum absolute atomic E-state index is 17.1. The Morgan fingerprint density at radius 2 is 2.00 bits per heavy atom. The molecule has 7 heterocycles. The first-order valence-electron chi connectivity index (χ1n) is 16.4. The quantitative estimate of drug-likeness (QED) is 0.169. The highest BCUT2D eigenvalue weighted by Crippen LogP contribution is 2.47. The summed E-state index contributed by atoms with van der Waals surface area (Å²) >= 11 is 0. The predicted molar refractivity (Wildman–Crippen MR) is 172 cm³/mol. The molecule has 4 aromatic rings. The van der Waals surface area contributed by atoms with E-state index in [4.69, 9.17) is 20.9 Å². The summed E-state index contributed by atoms with van der Waals surface area (Å²) in [5.41, 5.74) is 0.401. The molecule has 4 saturated heterocycles. The summed E-state index contributed by atoms with van der Waals surface area (Å²) in [5, 5.41) is 4.38. The van der Waals surface area contributed by atoms with Gasteiger partial charge < -0.3 is 19.7 Å². The lowest BCUT2D eigenvalue weighted by Crippen LogP contribution is -2.64. The minimum absolute atomic E-state index is 0.0399. The minimum atomic E-state index is -2.89. The van der Waals surface area contributed by atoms with E-state index in [1.165, 1.54) is 6.07 Å². The summed E-state index contributed by atoms with van der Waals surface area (Å²) in [6.07, 6.45) is 5.46. The lowest BCUT2D eigenvalue weighted by atomic mass is 9.91. The smallest absolute Gasteiger partial charge is 0.319 e. The number of piperazine rings is 1.